The molecule has 132 valence electrons. The van der Waals surface area contributed by atoms with Crippen LogP contribution in [-0.2, 0) is 16.1 Å². The molecule has 0 aliphatic rings. The van der Waals surface area contributed by atoms with Gasteiger partial charge in [0.2, 0.25) is 5.91 Å². The highest BCUT2D eigenvalue weighted by Gasteiger charge is 2.16. The fourth-order valence-electron chi connectivity index (χ4n) is 2.53. The van der Waals surface area contributed by atoms with Gasteiger partial charge in [-0.25, -0.2) is 0 Å². The van der Waals surface area contributed by atoms with E-state index < -0.39 is 6.04 Å². The van der Waals surface area contributed by atoms with E-state index in [9.17, 15) is 4.79 Å². The predicted octanol–water partition coefficient (Wildman–Crippen LogP) is 3.35. The number of carbonyl (C=O) groups is 1. The second-order valence-corrected chi connectivity index (χ2v) is 5.96. The summed E-state index contributed by atoms with van der Waals surface area (Å²) in [5.41, 5.74) is 7.78. The molecular weight excluding hydrogens is 312 g/mol. The van der Waals surface area contributed by atoms with Crippen LogP contribution in [0.1, 0.15) is 30.5 Å². The number of benzene rings is 2. The standard InChI is InChI=1S/C21H26N2O2/c1-17(19-12-6-3-7-13-19)23-20(21(22)24)14-8-9-15-25-16-18-10-4-2-5-11-18/h2-13,17,20,23H,14-16H2,1H3,(H2,22,24)/b9-8-/t17-,20+/m0/s1. The van der Waals surface area contributed by atoms with Gasteiger partial charge in [0.25, 0.3) is 0 Å². The van der Waals surface area contributed by atoms with Crippen LogP contribution < -0.4 is 11.1 Å². The van der Waals surface area contributed by atoms with E-state index in [1.807, 2.05) is 79.7 Å². The number of primary amides is 1. The van der Waals surface area contributed by atoms with Gasteiger partial charge in [0.05, 0.1) is 19.3 Å². The van der Waals surface area contributed by atoms with Crippen LogP contribution >= 0.6 is 0 Å². The van der Waals surface area contributed by atoms with E-state index in [0.29, 0.717) is 19.6 Å². The molecule has 4 heteroatoms. The number of ether oxygens (including phenoxy) is 1. The van der Waals surface area contributed by atoms with Gasteiger partial charge < -0.3 is 10.5 Å². The molecular formula is C21H26N2O2. The average molecular weight is 338 g/mol. The summed E-state index contributed by atoms with van der Waals surface area (Å²) in [6.45, 7) is 3.11. The maximum atomic E-state index is 11.7. The lowest BCUT2D eigenvalue weighted by atomic mass is 10.1. The first-order valence-corrected chi connectivity index (χ1v) is 8.54. The van der Waals surface area contributed by atoms with Crippen molar-refractivity contribution in [2.24, 2.45) is 5.73 Å². The molecule has 2 aromatic rings. The molecule has 2 rings (SSSR count). The molecule has 0 saturated carbocycles. The average Bonchev–Trinajstić information content (AvgIpc) is 2.64. The Hall–Kier alpha value is -2.43. The first-order chi connectivity index (χ1) is 12.2. The molecule has 0 radical (unpaired) electrons. The van der Waals surface area contributed by atoms with Crippen molar-refractivity contribution < 1.29 is 9.53 Å². The molecule has 0 spiro atoms. The van der Waals surface area contributed by atoms with Crippen molar-refractivity contribution >= 4 is 5.91 Å². The van der Waals surface area contributed by atoms with Crippen molar-refractivity contribution in [1.29, 1.82) is 0 Å². The fraction of sp³-hybridized carbons (Fsp3) is 0.286. The van der Waals surface area contributed by atoms with E-state index in [0.717, 1.165) is 11.1 Å². The summed E-state index contributed by atoms with van der Waals surface area (Å²) in [7, 11) is 0. The lowest BCUT2D eigenvalue weighted by Crippen LogP contribution is -2.42. The normalized spacial score (nSPS) is 13.6. The van der Waals surface area contributed by atoms with Crippen LogP contribution in [0.3, 0.4) is 0 Å². The number of amides is 1. The summed E-state index contributed by atoms with van der Waals surface area (Å²) in [5, 5.41) is 3.28. The van der Waals surface area contributed by atoms with Crippen LogP contribution in [0.2, 0.25) is 0 Å². The third kappa shape index (κ3) is 6.91. The number of rotatable bonds is 10. The van der Waals surface area contributed by atoms with Gasteiger partial charge in [0, 0.05) is 6.04 Å². The summed E-state index contributed by atoms with van der Waals surface area (Å²) in [5.74, 6) is -0.349. The molecule has 0 saturated heterocycles. The zero-order valence-corrected chi connectivity index (χ0v) is 14.6. The van der Waals surface area contributed by atoms with Gasteiger partial charge >= 0.3 is 0 Å². The molecule has 25 heavy (non-hydrogen) atoms. The van der Waals surface area contributed by atoms with E-state index >= 15 is 0 Å². The van der Waals surface area contributed by atoms with E-state index in [2.05, 4.69) is 5.32 Å². The van der Waals surface area contributed by atoms with Crippen LogP contribution in [0.5, 0.6) is 0 Å². The Morgan fingerprint density at radius 2 is 1.72 bits per heavy atom. The first-order valence-electron chi connectivity index (χ1n) is 8.54. The maximum Gasteiger partial charge on any atom is 0.234 e. The fourth-order valence-corrected chi connectivity index (χ4v) is 2.53. The molecule has 1 amide bonds. The topological polar surface area (TPSA) is 64.3 Å². The quantitative estimate of drug-likeness (QED) is 0.516. The molecule has 0 aliphatic carbocycles. The van der Waals surface area contributed by atoms with Crippen LogP contribution in [0.4, 0.5) is 0 Å². The van der Waals surface area contributed by atoms with Crippen LogP contribution in [0, 0.1) is 0 Å². The number of nitrogens with one attached hydrogen (secondary N) is 1. The Morgan fingerprint density at radius 1 is 1.08 bits per heavy atom. The summed E-state index contributed by atoms with van der Waals surface area (Å²) in [4.78, 5) is 11.7. The minimum Gasteiger partial charge on any atom is -0.373 e. The number of carbonyl (C=O) groups excluding carboxylic acids is 1. The summed E-state index contributed by atoms with van der Waals surface area (Å²) in [6, 6.07) is 19.7. The Bertz CT molecular complexity index is 656. The predicted molar refractivity (Wildman–Crippen MR) is 101 cm³/mol. The van der Waals surface area contributed by atoms with Gasteiger partial charge in [0.15, 0.2) is 0 Å². The maximum absolute atomic E-state index is 11.7. The summed E-state index contributed by atoms with van der Waals surface area (Å²) >= 11 is 0. The van der Waals surface area contributed by atoms with Gasteiger partial charge in [-0.1, -0.05) is 72.8 Å². The molecule has 0 fully saturated rings. The third-order valence-electron chi connectivity index (χ3n) is 3.96. The van der Waals surface area contributed by atoms with Gasteiger partial charge in [-0.15, -0.1) is 0 Å². The van der Waals surface area contributed by atoms with E-state index in [4.69, 9.17) is 10.5 Å². The number of hydrogen-bond acceptors (Lipinski definition) is 3. The van der Waals surface area contributed by atoms with Crippen molar-refractivity contribution in [2.75, 3.05) is 6.61 Å². The van der Waals surface area contributed by atoms with Crippen molar-refractivity contribution in [1.82, 2.24) is 5.32 Å². The molecule has 0 aliphatic heterocycles. The van der Waals surface area contributed by atoms with E-state index in [-0.39, 0.29) is 11.9 Å². The molecule has 2 atom stereocenters. The Morgan fingerprint density at radius 3 is 2.36 bits per heavy atom. The molecule has 0 bridgehead atoms. The largest absolute Gasteiger partial charge is 0.373 e. The van der Waals surface area contributed by atoms with Gasteiger partial charge in [0.1, 0.15) is 0 Å². The molecule has 2 aromatic carbocycles. The Kier molecular flexibility index (Phi) is 7.89. The number of hydrogen-bond donors (Lipinski definition) is 2. The Labute approximate surface area is 149 Å². The molecule has 0 unspecified atom stereocenters. The molecule has 0 aromatic heterocycles. The summed E-state index contributed by atoms with van der Waals surface area (Å²) in [6.07, 6.45) is 4.40. The first kappa shape index (κ1) is 18.9. The molecule has 4 nitrogen and oxygen atoms in total. The van der Waals surface area contributed by atoms with Gasteiger partial charge in [-0.3, -0.25) is 10.1 Å². The second-order valence-electron chi connectivity index (χ2n) is 5.96. The highest BCUT2D eigenvalue weighted by Crippen LogP contribution is 2.13. The second kappa shape index (κ2) is 10.4. The lowest BCUT2D eigenvalue weighted by molar-refractivity contribution is -0.120. The van der Waals surface area contributed by atoms with Crippen molar-refractivity contribution in [3.05, 3.63) is 83.9 Å². The summed E-state index contributed by atoms with van der Waals surface area (Å²) < 4.78 is 5.59. The van der Waals surface area contributed by atoms with Crippen LogP contribution in [-0.4, -0.2) is 18.6 Å². The monoisotopic (exact) mass is 338 g/mol. The highest BCUT2D eigenvalue weighted by molar-refractivity contribution is 5.80. The van der Waals surface area contributed by atoms with E-state index in [1.54, 1.807) is 0 Å². The van der Waals surface area contributed by atoms with Crippen LogP contribution in [0.15, 0.2) is 72.8 Å². The van der Waals surface area contributed by atoms with Crippen LogP contribution in [0.25, 0.3) is 0 Å². The minimum atomic E-state index is -0.402. The SMILES string of the molecule is C[C@H](N[C@H](C/C=C\COCc1ccccc1)C(N)=O)c1ccccc1. The van der Waals surface area contributed by atoms with E-state index in [1.165, 1.54) is 0 Å². The lowest BCUT2D eigenvalue weighted by Gasteiger charge is -2.20. The van der Waals surface area contributed by atoms with Crippen molar-refractivity contribution in [3.63, 3.8) is 0 Å². The highest BCUT2D eigenvalue weighted by atomic mass is 16.5. The van der Waals surface area contributed by atoms with Crippen molar-refractivity contribution in [3.8, 4) is 0 Å². The smallest absolute Gasteiger partial charge is 0.234 e. The number of nitrogens with two attached hydrogens (primary N) is 1. The minimum absolute atomic E-state index is 0.0569. The van der Waals surface area contributed by atoms with Crippen molar-refractivity contribution in [2.45, 2.75) is 32.0 Å². The third-order valence-corrected chi connectivity index (χ3v) is 3.96. The zero-order valence-electron chi connectivity index (χ0n) is 14.6. The van der Waals surface area contributed by atoms with Gasteiger partial charge in [-0.05, 0) is 24.5 Å². The zero-order chi connectivity index (χ0) is 17.9. The molecule has 3 N–H and O–H groups in total. The van der Waals surface area contributed by atoms with Gasteiger partial charge in [-0.2, -0.15) is 0 Å². The molecule has 0 heterocycles. The Balaban J connectivity index is 1.74.